The van der Waals surface area contributed by atoms with E-state index in [4.69, 9.17) is 5.73 Å². The Kier molecular flexibility index (Phi) is 4.82. The molecule has 0 aromatic rings. The Hall–Kier alpha value is -0.820. The maximum Gasteiger partial charge on any atom is 0.401 e. The summed E-state index contributed by atoms with van der Waals surface area (Å²) >= 11 is 0. The van der Waals surface area contributed by atoms with Gasteiger partial charge in [0.1, 0.15) is 5.54 Å². The van der Waals surface area contributed by atoms with Gasteiger partial charge in [-0.15, -0.1) is 0 Å². The summed E-state index contributed by atoms with van der Waals surface area (Å²) in [5.74, 6) is -0.456. The smallest absolute Gasteiger partial charge is 0.368 e. The standard InChI is InChI=1S/C14H24F3N3O/c1-2-7-19-13(12(18)21,10-3-4-10)8-20(11-5-6-11)9-14(15,16)17/h10-11,19H,2-9H2,1H3,(H2,18,21). The summed E-state index contributed by atoms with van der Waals surface area (Å²) in [7, 11) is 0. The van der Waals surface area contributed by atoms with Crippen LogP contribution in [0.4, 0.5) is 13.2 Å². The van der Waals surface area contributed by atoms with Crippen LogP contribution in [-0.4, -0.2) is 48.2 Å². The van der Waals surface area contributed by atoms with Crippen molar-refractivity contribution in [3.05, 3.63) is 0 Å². The number of hydrogen-bond acceptors (Lipinski definition) is 3. The van der Waals surface area contributed by atoms with Crippen LogP contribution in [0.5, 0.6) is 0 Å². The van der Waals surface area contributed by atoms with Gasteiger partial charge < -0.3 is 11.1 Å². The average molecular weight is 307 g/mol. The van der Waals surface area contributed by atoms with Crippen LogP contribution in [-0.2, 0) is 4.79 Å². The molecule has 122 valence electrons. The number of halogens is 3. The zero-order valence-electron chi connectivity index (χ0n) is 12.4. The molecule has 2 rings (SSSR count). The molecule has 2 aliphatic carbocycles. The van der Waals surface area contributed by atoms with Crippen molar-refractivity contribution in [3.8, 4) is 0 Å². The lowest BCUT2D eigenvalue weighted by atomic mass is 9.90. The van der Waals surface area contributed by atoms with Gasteiger partial charge in [-0.1, -0.05) is 6.92 Å². The van der Waals surface area contributed by atoms with Gasteiger partial charge in [0.2, 0.25) is 5.91 Å². The minimum absolute atomic E-state index is 0.0625. The molecule has 4 nitrogen and oxygen atoms in total. The molecular formula is C14H24F3N3O. The lowest BCUT2D eigenvalue weighted by Crippen LogP contribution is -2.64. The highest BCUT2D eigenvalue weighted by Gasteiger charge is 2.52. The van der Waals surface area contributed by atoms with Crippen molar-refractivity contribution in [1.82, 2.24) is 10.2 Å². The van der Waals surface area contributed by atoms with Gasteiger partial charge >= 0.3 is 6.18 Å². The Bertz CT molecular complexity index is 380. The van der Waals surface area contributed by atoms with Gasteiger partial charge in [0, 0.05) is 12.6 Å². The van der Waals surface area contributed by atoms with E-state index < -0.39 is 24.2 Å². The number of primary amides is 1. The molecule has 0 saturated heterocycles. The molecule has 0 heterocycles. The number of alkyl halides is 3. The molecule has 1 atom stereocenters. The van der Waals surface area contributed by atoms with Crippen LogP contribution >= 0.6 is 0 Å². The fourth-order valence-corrected chi connectivity index (χ4v) is 2.92. The summed E-state index contributed by atoms with van der Waals surface area (Å²) in [4.78, 5) is 13.4. The number of amides is 1. The van der Waals surface area contributed by atoms with Crippen molar-refractivity contribution in [2.24, 2.45) is 11.7 Å². The molecule has 0 aromatic carbocycles. The number of nitrogens with one attached hydrogen (secondary N) is 1. The fraction of sp³-hybridized carbons (Fsp3) is 0.929. The predicted octanol–water partition coefficient (Wildman–Crippen LogP) is 1.65. The summed E-state index contributed by atoms with van der Waals surface area (Å²) in [6.07, 6.45) is -0.203. The summed E-state index contributed by atoms with van der Waals surface area (Å²) < 4.78 is 38.3. The molecule has 0 radical (unpaired) electrons. The van der Waals surface area contributed by atoms with E-state index in [1.807, 2.05) is 6.92 Å². The first-order valence-corrected chi connectivity index (χ1v) is 7.64. The van der Waals surface area contributed by atoms with Crippen molar-refractivity contribution in [3.63, 3.8) is 0 Å². The molecule has 1 unspecified atom stereocenters. The largest absolute Gasteiger partial charge is 0.401 e. The van der Waals surface area contributed by atoms with Gasteiger partial charge in [-0.05, 0) is 44.6 Å². The lowest BCUT2D eigenvalue weighted by molar-refractivity contribution is -0.152. The second kappa shape index (κ2) is 6.12. The first-order valence-electron chi connectivity index (χ1n) is 7.64. The maximum atomic E-state index is 12.8. The van der Waals surface area contributed by atoms with Gasteiger partial charge in [0.15, 0.2) is 0 Å². The second-order valence-corrected chi connectivity index (χ2v) is 6.29. The monoisotopic (exact) mass is 307 g/mol. The Morgan fingerprint density at radius 3 is 2.24 bits per heavy atom. The highest BCUT2D eigenvalue weighted by molar-refractivity contribution is 5.86. The third-order valence-corrected chi connectivity index (χ3v) is 4.30. The van der Waals surface area contributed by atoms with E-state index in [9.17, 15) is 18.0 Å². The number of nitrogens with two attached hydrogens (primary N) is 1. The fourth-order valence-electron chi connectivity index (χ4n) is 2.92. The van der Waals surface area contributed by atoms with Crippen LogP contribution in [0.15, 0.2) is 0 Å². The summed E-state index contributed by atoms with van der Waals surface area (Å²) in [5, 5.41) is 3.16. The minimum Gasteiger partial charge on any atom is -0.368 e. The van der Waals surface area contributed by atoms with Gasteiger partial charge in [0.25, 0.3) is 0 Å². The number of rotatable bonds is 9. The molecule has 0 spiro atoms. The van der Waals surface area contributed by atoms with E-state index in [1.54, 1.807) is 0 Å². The molecule has 0 aromatic heterocycles. The number of hydrogen-bond donors (Lipinski definition) is 2. The van der Waals surface area contributed by atoms with Gasteiger partial charge in [-0.3, -0.25) is 9.69 Å². The normalized spacial score (nSPS) is 22.3. The molecule has 0 aliphatic heterocycles. The Morgan fingerprint density at radius 2 is 1.86 bits per heavy atom. The molecule has 21 heavy (non-hydrogen) atoms. The van der Waals surface area contributed by atoms with Crippen molar-refractivity contribution in [1.29, 1.82) is 0 Å². The van der Waals surface area contributed by atoms with E-state index >= 15 is 0 Å². The molecular weight excluding hydrogens is 283 g/mol. The predicted molar refractivity (Wildman–Crippen MR) is 73.6 cm³/mol. The summed E-state index contributed by atoms with van der Waals surface area (Å²) in [6.45, 7) is 1.65. The van der Waals surface area contributed by atoms with E-state index in [1.165, 1.54) is 4.90 Å². The van der Waals surface area contributed by atoms with Gasteiger partial charge in [-0.25, -0.2) is 0 Å². The summed E-state index contributed by atoms with van der Waals surface area (Å²) in [5.41, 5.74) is 4.57. The van der Waals surface area contributed by atoms with E-state index in [0.717, 1.165) is 32.1 Å². The highest BCUT2D eigenvalue weighted by Crippen LogP contribution is 2.42. The second-order valence-electron chi connectivity index (χ2n) is 6.29. The van der Waals surface area contributed by atoms with Crippen molar-refractivity contribution in [2.45, 2.75) is 56.8 Å². The molecule has 3 N–H and O–H groups in total. The lowest BCUT2D eigenvalue weighted by Gasteiger charge is -2.37. The van der Waals surface area contributed by atoms with Crippen LogP contribution in [0.2, 0.25) is 0 Å². The molecule has 1 amide bonds. The van der Waals surface area contributed by atoms with Crippen molar-refractivity contribution < 1.29 is 18.0 Å². The number of carbonyl (C=O) groups excluding carboxylic acids is 1. The molecule has 2 fully saturated rings. The van der Waals surface area contributed by atoms with Crippen LogP contribution < -0.4 is 11.1 Å². The highest BCUT2D eigenvalue weighted by atomic mass is 19.4. The maximum absolute atomic E-state index is 12.8. The van der Waals surface area contributed by atoms with E-state index in [0.29, 0.717) is 6.54 Å². The van der Waals surface area contributed by atoms with E-state index in [2.05, 4.69) is 5.32 Å². The third-order valence-electron chi connectivity index (χ3n) is 4.30. The summed E-state index contributed by atoms with van der Waals surface area (Å²) in [6, 6.07) is -0.0625. The van der Waals surface area contributed by atoms with Crippen LogP contribution in [0.25, 0.3) is 0 Å². The number of nitrogens with zero attached hydrogens (tertiary/aromatic N) is 1. The quantitative estimate of drug-likeness (QED) is 0.681. The number of carbonyl (C=O) groups is 1. The average Bonchev–Trinajstić information content (AvgIpc) is 3.24. The van der Waals surface area contributed by atoms with Crippen molar-refractivity contribution >= 4 is 5.91 Å². The Morgan fingerprint density at radius 1 is 1.24 bits per heavy atom. The molecule has 0 bridgehead atoms. The molecule has 7 heteroatoms. The first kappa shape index (κ1) is 16.5. The minimum atomic E-state index is -4.25. The zero-order chi connectivity index (χ0) is 15.7. The first-order chi connectivity index (χ1) is 9.78. The Balaban J connectivity index is 2.13. The zero-order valence-corrected chi connectivity index (χ0v) is 12.4. The van der Waals surface area contributed by atoms with Crippen molar-refractivity contribution in [2.75, 3.05) is 19.6 Å². The topological polar surface area (TPSA) is 58.4 Å². The third kappa shape index (κ3) is 4.32. The molecule has 2 saturated carbocycles. The van der Waals surface area contributed by atoms with E-state index in [-0.39, 0.29) is 18.5 Å². The van der Waals surface area contributed by atoms with Gasteiger partial charge in [0.05, 0.1) is 6.54 Å². The molecule has 2 aliphatic rings. The van der Waals surface area contributed by atoms with Crippen LogP contribution in [0, 0.1) is 5.92 Å². The van der Waals surface area contributed by atoms with Gasteiger partial charge in [-0.2, -0.15) is 13.2 Å². The SMILES string of the molecule is CCCNC(CN(CC(F)(F)F)C1CC1)(C(N)=O)C1CC1. The van der Waals surface area contributed by atoms with Crippen LogP contribution in [0.3, 0.4) is 0 Å². The van der Waals surface area contributed by atoms with Crippen LogP contribution in [0.1, 0.15) is 39.0 Å². The Labute approximate surface area is 123 Å².